The molecule has 0 nitrogen and oxygen atoms in total. The van der Waals surface area contributed by atoms with Gasteiger partial charge in [0.2, 0.25) is 0 Å². The summed E-state index contributed by atoms with van der Waals surface area (Å²) in [5, 5.41) is 0. The Kier molecular flexibility index (Phi) is 28.1. The summed E-state index contributed by atoms with van der Waals surface area (Å²) < 4.78 is 0. The van der Waals surface area contributed by atoms with E-state index >= 15 is 0 Å². The van der Waals surface area contributed by atoms with Gasteiger partial charge in [-0.25, -0.2) is 0 Å². The van der Waals surface area contributed by atoms with Gasteiger partial charge in [0.05, 0.1) is 0 Å². The van der Waals surface area contributed by atoms with Gasteiger partial charge in [-0.05, 0) is 11.8 Å². The summed E-state index contributed by atoms with van der Waals surface area (Å²) in [6, 6.07) is 0. The van der Waals surface area contributed by atoms with E-state index in [4.69, 9.17) is 0 Å². The lowest BCUT2D eigenvalue weighted by atomic mass is 9.83. The van der Waals surface area contributed by atoms with Gasteiger partial charge in [-0.1, -0.05) is 164 Å². The van der Waals surface area contributed by atoms with E-state index in [9.17, 15) is 0 Å². The Morgan fingerprint density at radius 2 is 1.04 bits per heavy atom. The van der Waals surface area contributed by atoms with Crippen LogP contribution in [0.3, 0.4) is 0 Å². The quantitative estimate of drug-likeness (QED) is 0.278. The highest BCUT2D eigenvalue weighted by atomic mass is 14.2. The maximum Gasteiger partial charge on any atom is -0.0414 e. The summed E-state index contributed by atoms with van der Waals surface area (Å²) in [5.41, 5.74) is 0. The highest BCUT2D eigenvalue weighted by molar-refractivity contribution is 4.67. The molecule has 1 aliphatic carbocycles. The molecule has 0 aromatic carbocycles. The second-order valence-corrected chi connectivity index (χ2v) is 9.10. The highest BCUT2D eigenvalue weighted by Gasteiger charge is 2.14. The molecule has 0 bridgehead atoms. The van der Waals surface area contributed by atoms with Crippen LogP contribution in [-0.2, 0) is 0 Å². The lowest BCUT2D eigenvalue weighted by Crippen LogP contribution is -2.08. The van der Waals surface area contributed by atoms with Gasteiger partial charge in [0, 0.05) is 0 Å². The monoisotopic (exact) mass is 382 g/mol. The van der Waals surface area contributed by atoms with Gasteiger partial charge in [-0.15, -0.1) is 0 Å². The van der Waals surface area contributed by atoms with Crippen LogP contribution in [0.25, 0.3) is 0 Å². The molecule has 1 atom stereocenters. The lowest BCUT2D eigenvalue weighted by molar-refractivity contribution is 0.306. The van der Waals surface area contributed by atoms with Crippen LogP contribution in [0.5, 0.6) is 0 Å². The molecular formula is C27H58. The van der Waals surface area contributed by atoms with Crippen LogP contribution >= 0.6 is 0 Å². The Morgan fingerprint density at radius 1 is 0.556 bits per heavy atom. The van der Waals surface area contributed by atoms with Crippen molar-refractivity contribution in [3.05, 3.63) is 0 Å². The first-order valence-corrected chi connectivity index (χ1v) is 13.2. The molecule has 1 aliphatic rings. The molecule has 0 heteroatoms. The number of unbranched alkanes of at least 4 members (excludes halogenated alkanes) is 8. The smallest absolute Gasteiger partial charge is 0.0414 e. The molecule has 166 valence electrons. The second kappa shape index (κ2) is 26.0. The summed E-state index contributed by atoms with van der Waals surface area (Å²) in [6.07, 6.45) is 27.5. The maximum atomic E-state index is 2.47. The molecule has 0 saturated heterocycles. The van der Waals surface area contributed by atoms with Crippen LogP contribution in [0.1, 0.15) is 164 Å². The van der Waals surface area contributed by atoms with Crippen molar-refractivity contribution in [1.82, 2.24) is 0 Å². The number of hydrogen-bond acceptors (Lipinski definition) is 0. The van der Waals surface area contributed by atoms with Crippen LogP contribution in [0, 0.1) is 11.8 Å². The van der Waals surface area contributed by atoms with E-state index in [-0.39, 0.29) is 0 Å². The first-order valence-electron chi connectivity index (χ1n) is 13.2. The Labute approximate surface area is 175 Å². The first kappa shape index (κ1) is 29.2. The molecule has 1 fully saturated rings. The summed E-state index contributed by atoms with van der Waals surface area (Å²) in [7, 11) is 0. The van der Waals surface area contributed by atoms with Crippen LogP contribution < -0.4 is 0 Å². The minimum Gasteiger partial charge on any atom is -0.0654 e. The van der Waals surface area contributed by atoms with Crippen LogP contribution in [0.15, 0.2) is 0 Å². The van der Waals surface area contributed by atoms with Gasteiger partial charge in [-0.2, -0.15) is 0 Å². The molecule has 0 spiro atoms. The second-order valence-electron chi connectivity index (χ2n) is 9.10. The van der Waals surface area contributed by atoms with Crippen molar-refractivity contribution in [2.24, 2.45) is 11.8 Å². The van der Waals surface area contributed by atoms with Crippen molar-refractivity contribution in [1.29, 1.82) is 0 Å². The van der Waals surface area contributed by atoms with E-state index in [1.807, 2.05) is 0 Å². The molecule has 0 amide bonds. The summed E-state index contributed by atoms with van der Waals surface area (Å²) in [4.78, 5) is 0. The van der Waals surface area contributed by atoms with Gasteiger partial charge in [0.25, 0.3) is 0 Å². The molecular weight excluding hydrogens is 324 g/mol. The molecule has 0 radical (unpaired) electrons. The van der Waals surface area contributed by atoms with Crippen LogP contribution in [-0.4, -0.2) is 0 Å². The van der Waals surface area contributed by atoms with E-state index in [0.29, 0.717) is 0 Å². The molecule has 0 aromatic heterocycles. The number of rotatable bonds is 13. The third kappa shape index (κ3) is 26.0. The van der Waals surface area contributed by atoms with E-state index in [1.165, 1.54) is 122 Å². The Balaban J connectivity index is 0. The van der Waals surface area contributed by atoms with Crippen LogP contribution in [0.2, 0.25) is 0 Å². The molecule has 0 aromatic rings. The molecule has 0 aliphatic heterocycles. The predicted molar refractivity (Wildman–Crippen MR) is 129 cm³/mol. The molecule has 1 rings (SSSR count). The zero-order chi connectivity index (χ0) is 20.6. The van der Waals surface area contributed by atoms with Gasteiger partial charge in [-0.3, -0.25) is 0 Å². The van der Waals surface area contributed by atoms with Gasteiger partial charge < -0.3 is 0 Å². The first-order chi connectivity index (χ1) is 13.2. The summed E-state index contributed by atoms with van der Waals surface area (Å²) in [6.45, 7) is 13.6. The van der Waals surface area contributed by atoms with E-state index in [0.717, 1.165) is 11.8 Å². The Bertz CT molecular complexity index is 216. The average molecular weight is 383 g/mol. The minimum atomic E-state index is 0.985. The molecule has 0 heterocycles. The van der Waals surface area contributed by atoms with Crippen molar-refractivity contribution in [2.75, 3.05) is 0 Å². The minimum absolute atomic E-state index is 0.985. The van der Waals surface area contributed by atoms with Gasteiger partial charge in [0.15, 0.2) is 0 Å². The van der Waals surface area contributed by atoms with Crippen molar-refractivity contribution >= 4 is 0 Å². The Hall–Kier alpha value is 0. The topological polar surface area (TPSA) is 0 Å². The molecule has 1 unspecified atom stereocenters. The predicted octanol–water partition coefficient (Wildman–Crippen LogP) is 10.7. The molecule has 1 saturated carbocycles. The normalized spacial score (nSPS) is 15.3. The average Bonchev–Trinajstić information content (AvgIpc) is 2.69. The third-order valence-corrected chi connectivity index (χ3v) is 6.01. The lowest BCUT2D eigenvalue weighted by Gasteiger charge is -2.22. The molecule has 0 N–H and O–H groups in total. The zero-order valence-electron chi connectivity index (χ0n) is 20.6. The summed E-state index contributed by atoms with van der Waals surface area (Å²) in [5.74, 6) is 2.07. The molecule has 27 heavy (non-hydrogen) atoms. The van der Waals surface area contributed by atoms with E-state index in [2.05, 4.69) is 41.5 Å². The van der Waals surface area contributed by atoms with E-state index < -0.39 is 0 Å². The number of hydrogen-bond donors (Lipinski definition) is 0. The van der Waals surface area contributed by atoms with Crippen molar-refractivity contribution in [2.45, 2.75) is 164 Å². The largest absolute Gasteiger partial charge is 0.0654 e. The standard InChI is InChI=1S/C17H34.2C5H12/c1-3-4-5-6-8-11-16(2)14-15-17-12-9-7-10-13-17;2*1-3-5-4-2/h16-17H,3-15H2,1-2H3;2*3-5H2,1-2H3. The summed E-state index contributed by atoms with van der Waals surface area (Å²) >= 11 is 0. The third-order valence-electron chi connectivity index (χ3n) is 6.01. The zero-order valence-corrected chi connectivity index (χ0v) is 20.6. The van der Waals surface area contributed by atoms with Gasteiger partial charge in [0.1, 0.15) is 0 Å². The van der Waals surface area contributed by atoms with Crippen molar-refractivity contribution < 1.29 is 0 Å². The van der Waals surface area contributed by atoms with Crippen LogP contribution in [0.4, 0.5) is 0 Å². The highest BCUT2D eigenvalue weighted by Crippen LogP contribution is 2.29. The van der Waals surface area contributed by atoms with Crippen molar-refractivity contribution in [3.8, 4) is 0 Å². The van der Waals surface area contributed by atoms with E-state index in [1.54, 1.807) is 0 Å². The fraction of sp³-hybridized carbons (Fsp3) is 1.00. The van der Waals surface area contributed by atoms with Gasteiger partial charge >= 0.3 is 0 Å². The fourth-order valence-corrected chi connectivity index (χ4v) is 3.94. The SMILES string of the molecule is CCCCC.CCCCC.CCCCCCCC(C)CCC1CCCCC1. The van der Waals surface area contributed by atoms with Crippen molar-refractivity contribution in [3.63, 3.8) is 0 Å². The fourth-order valence-electron chi connectivity index (χ4n) is 3.94. The Morgan fingerprint density at radius 3 is 1.48 bits per heavy atom. The maximum absolute atomic E-state index is 2.47.